The molecule has 1 aromatic heterocycles. The number of rotatable bonds is 3. The standard InChI is InChI=1S/C16H23N5/c1-11-7-8-15(12(2)9-11)17-14-6-4-5-13(10-14)16-18-19-20-21(16)3/h4-6,10-12,15,17H,7-9H2,1-3H3. The second kappa shape index (κ2) is 5.84. The summed E-state index contributed by atoms with van der Waals surface area (Å²) in [6.45, 7) is 4.71. The van der Waals surface area contributed by atoms with Gasteiger partial charge in [0.2, 0.25) is 0 Å². The molecule has 0 bridgehead atoms. The molecule has 21 heavy (non-hydrogen) atoms. The minimum absolute atomic E-state index is 0.564. The highest BCUT2D eigenvalue weighted by molar-refractivity contribution is 5.62. The SMILES string of the molecule is CC1CCC(Nc2cccc(-c3nnnn3C)c2)C(C)C1. The van der Waals surface area contributed by atoms with Crippen molar-refractivity contribution in [2.75, 3.05) is 5.32 Å². The molecule has 112 valence electrons. The first-order valence-electron chi connectivity index (χ1n) is 7.73. The Bertz CT molecular complexity index is 606. The van der Waals surface area contributed by atoms with E-state index in [1.807, 2.05) is 13.1 Å². The zero-order valence-corrected chi connectivity index (χ0v) is 13.0. The molecule has 1 aromatic carbocycles. The quantitative estimate of drug-likeness (QED) is 0.941. The molecule has 3 rings (SSSR count). The fourth-order valence-corrected chi connectivity index (χ4v) is 3.32. The number of benzene rings is 1. The van der Waals surface area contributed by atoms with Gasteiger partial charge in [-0.2, -0.15) is 0 Å². The van der Waals surface area contributed by atoms with E-state index in [9.17, 15) is 0 Å². The molecular formula is C16H23N5. The Hall–Kier alpha value is -1.91. The Morgan fingerprint density at radius 3 is 2.81 bits per heavy atom. The Labute approximate surface area is 125 Å². The minimum Gasteiger partial charge on any atom is -0.382 e. The smallest absolute Gasteiger partial charge is 0.181 e. The van der Waals surface area contributed by atoms with Crippen LogP contribution in [0.1, 0.15) is 33.1 Å². The highest BCUT2D eigenvalue weighted by Gasteiger charge is 2.25. The van der Waals surface area contributed by atoms with Crippen LogP contribution in [-0.4, -0.2) is 26.2 Å². The fourth-order valence-electron chi connectivity index (χ4n) is 3.32. The van der Waals surface area contributed by atoms with Gasteiger partial charge in [0.05, 0.1) is 0 Å². The number of aryl methyl sites for hydroxylation is 1. The first kappa shape index (κ1) is 14.0. The largest absolute Gasteiger partial charge is 0.382 e. The van der Waals surface area contributed by atoms with Crippen molar-refractivity contribution in [2.45, 2.75) is 39.2 Å². The normalized spacial score (nSPS) is 25.8. The second-order valence-electron chi connectivity index (χ2n) is 6.35. The summed E-state index contributed by atoms with van der Waals surface area (Å²) in [4.78, 5) is 0. The third kappa shape index (κ3) is 3.06. The van der Waals surface area contributed by atoms with Crippen LogP contribution < -0.4 is 5.32 Å². The number of nitrogens with one attached hydrogen (secondary N) is 1. The Balaban J connectivity index is 1.76. The molecule has 0 spiro atoms. The van der Waals surface area contributed by atoms with Crippen LogP contribution in [0.4, 0.5) is 5.69 Å². The molecule has 2 aromatic rings. The van der Waals surface area contributed by atoms with Crippen molar-refractivity contribution in [2.24, 2.45) is 18.9 Å². The number of nitrogens with zero attached hydrogens (tertiary/aromatic N) is 4. The first-order valence-corrected chi connectivity index (χ1v) is 7.73. The summed E-state index contributed by atoms with van der Waals surface area (Å²) in [6, 6.07) is 8.93. The summed E-state index contributed by atoms with van der Waals surface area (Å²) < 4.78 is 1.70. The van der Waals surface area contributed by atoms with E-state index in [1.165, 1.54) is 19.3 Å². The van der Waals surface area contributed by atoms with Crippen LogP contribution in [0.15, 0.2) is 24.3 Å². The van der Waals surface area contributed by atoms with Gasteiger partial charge in [-0.15, -0.1) is 5.10 Å². The Morgan fingerprint density at radius 1 is 1.24 bits per heavy atom. The molecular weight excluding hydrogens is 262 g/mol. The van der Waals surface area contributed by atoms with Crippen molar-refractivity contribution in [3.63, 3.8) is 0 Å². The monoisotopic (exact) mass is 285 g/mol. The molecule has 1 aliphatic carbocycles. The van der Waals surface area contributed by atoms with Crippen LogP contribution in [0.2, 0.25) is 0 Å². The number of anilines is 1. The number of hydrogen-bond donors (Lipinski definition) is 1. The van der Waals surface area contributed by atoms with Gasteiger partial charge in [-0.1, -0.05) is 26.0 Å². The second-order valence-corrected chi connectivity index (χ2v) is 6.35. The highest BCUT2D eigenvalue weighted by Crippen LogP contribution is 2.31. The summed E-state index contributed by atoms with van der Waals surface area (Å²) in [6.07, 6.45) is 3.87. The van der Waals surface area contributed by atoms with E-state index < -0.39 is 0 Å². The molecule has 0 radical (unpaired) electrons. The van der Waals surface area contributed by atoms with Gasteiger partial charge in [-0.3, -0.25) is 0 Å². The van der Waals surface area contributed by atoms with Crippen molar-refractivity contribution >= 4 is 5.69 Å². The molecule has 1 saturated carbocycles. The topological polar surface area (TPSA) is 55.6 Å². The van der Waals surface area contributed by atoms with Gasteiger partial charge in [0, 0.05) is 24.3 Å². The summed E-state index contributed by atoms with van der Waals surface area (Å²) in [5.74, 6) is 2.37. The van der Waals surface area contributed by atoms with E-state index in [-0.39, 0.29) is 0 Å². The molecule has 1 fully saturated rings. The van der Waals surface area contributed by atoms with Gasteiger partial charge in [0.15, 0.2) is 5.82 Å². The molecule has 3 atom stereocenters. The van der Waals surface area contributed by atoms with Crippen LogP contribution in [0.5, 0.6) is 0 Å². The molecule has 3 unspecified atom stereocenters. The molecule has 5 nitrogen and oxygen atoms in total. The first-order chi connectivity index (χ1) is 10.1. The Morgan fingerprint density at radius 2 is 2.10 bits per heavy atom. The zero-order valence-electron chi connectivity index (χ0n) is 13.0. The van der Waals surface area contributed by atoms with Crippen LogP contribution in [0.3, 0.4) is 0 Å². The van der Waals surface area contributed by atoms with Crippen molar-refractivity contribution < 1.29 is 0 Å². The van der Waals surface area contributed by atoms with E-state index in [2.05, 4.69) is 52.9 Å². The molecule has 5 heteroatoms. The van der Waals surface area contributed by atoms with Gasteiger partial charge in [-0.05, 0) is 53.7 Å². The van der Waals surface area contributed by atoms with Gasteiger partial charge in [0.1, 0.15) is 0 Å². The van der Waals surface area contributed by atoms with Gasteiger partial charge in [-0.25, -0.2) is 4.68 Å². The predicted molar refractivity (Wildman–Crippen MR) is 83.8 cm³/mol. The fraction of sp³-hybridized carbons (Fsp3) is 0.562. The maximum absolute atomic E-state index is 4.07. The van der Waals surface area contributed by atoms with Gasteiger partial charge < -0.3 is 5.32 Å². The molecule has 0 saturated heterocycles. The lowest BCUT2D eigenvalue weighted by molar-refractivity contribution is 0.276. The summed E-state index contributed by atoms with van der Waals surface area (Å²) >= 11 is 0. The molecule has 0 aliphatic heterocycles. The molecule has 1 aliphatic rings. The lowest BCUT2D eigenvalue weighted by atomic mass is 9.80. The van der Waals surface area contributed by atoms with Crippen LogP contribution in [0, 0.1) is 11.8 Å². The van der Waals surface area contributed by atoms with Crippen LogP contribution in [-0.2, 0) is 7.05 Å². The lowest BCUT2D eigenvalue weighted by Crippen LogP contribution is -2.32. The third-order valence-electron chi connectivity index (χ3n) is 4.52. The minimum atomic E-state index is 0.564. The van der Waals surface area contributed by atoms with Crippen molar-refractivity contribution in [1.82, 2.24) is 20.2 Å². The lowest BCUT2D eigenvalue weighted by Gasteiger charge is -2.33. The van der Waals surface area contributed by atoms with Gasteiger partial charge in [0.25, 0.3) is 0 Å². The number of aromatic nitrogens is 4. The summed E-state index contributed by atoms with van der Waals surface area (Å²) in [5.41, 5.74) is 2.20. The van der Waals surface area contributed by atoms with Crippen molar-refractivity contribution in [3.8, 4) is 11.4 Å². The highest BCUT2D eigenvalue weighted by atomic mass is 15.5. The Kier molecular flexibility index (Phi) is 3.90. The van der Waals surface area contributed by atoms with E-state index in [0.717, 1.165) is 23.0 Å². The van der Waals surface area contributed by atoms with Crippen molar-refractivity contribution in [1.29, 1.82) is 0 Å². The van der Waals surface area contributed by atoms with Crippen LogP contribution >= 0.6 is 0 Å². The number of hydrogen-bond acceptors (Lipinski definition) is 4. The van der Waals surface area contributed by atoms with E-state index in [1.54, 1.807) is 4.68 Å². The summed E-state index contributed by atoms with van der Waals surface area (Å²) in [7, 11) is 1.86. The van der Waals surface area contributed by atoms with Gasteiger partial charge >= 0.3 is 0 Å². The predicted octanol–water partition coefficient (Wildman–Crippen LogP) is 3.11. The third-order valence-corrected chi connectivity index (χ3v) is 4.52. The average molecular weight is 285 g/mol. The summed E-state index contributed by atoms with van der Waals surface area (Å²) in [5, 5.41) is 15.4. The molecule has 1 N–H and O–H groups in total. The molecule has 0 amide bonds. The number of tetrazole rings is 1. The maximum atomic E-state index is 4.07. The van der Waals surface area contributed by atoms with E-state index >= 15 is 0 Å². The van der Waals surface area contributed by atoms with E-state index in [0.29, 0.717) is 12.0 Å². The van der Waals surface area contributed by atoms with Crippen LogP contribution in [0.25, 0.3) is 11.4 Å². The van der Waals surface area contributed by atoms with E-state index in [4.69, 9.17) is 0 Å². The zero-order chi connectivity index (χ0) is 14.8. The maximum Gasteiger partial charge on any atom is 0.181 e. The average Bonchev–Trinajstić information content (AvgIpc) is 2.89. The van der Waals surface area contributed by atoms with Crippen molar-refractivity contribution in [3.05, 3.63) is 24.3 Å². The molecule has 1 heterocycles.